The van der Waals surface area contributed by atoms with E-state index in [2.05, 4.69) is 0 Å². The van der Waals surface area contributed by atoms with Crippen molar-refractivity contribution in [2.24, 2.45) is 17.6 Å². The maximum atomic E-state index is 13.3. The largest absolute Gasteiger partial charge is 0.481 e. The molecule has 3 unspecified atom stereocenters. The second-order valence-electron chi connectivity index (χ2n) is 8.71. The number of Topliss-reactive ketones (excluding diaryl/α,β-unsaturated/α-hetero) is 1. The SMILES string of the molecule is NC(CC(=O)OCc1ccccc1)C(=O)C(Cc1ccccc1)CC(Cc1ccccc1)C(=O)O. The van der Waals surface area contributed by atoms with Crippen LogP contribution in [0.4, 0.5) is 0 Å². The van der Waals surface area contributed by atoms with Crippen LogP contribution in [0, 0.1) is 11.8 Å². The Kier molecular flexibility index (Phi) is 9.75. The molecule has 0 heterocycles. The van der Waals surface area contributed by atoms with Crippen LogP contribution in [-0.4, -0.2) is 28.9 Å². The number of aliphatic carboxylic acids is 1. The van der Waals surface area contributed by atoms with Gasteiger partial charge in [0.15, 0.2) is 5.78 Å². The zero-order valence-electron chi connectivity index (χ0n) is 19.6. The molecule has 0 saturated carbocycles. The first-order chi connectivity index (χ1) is 16.9. The highest BCUT2D eigenvalue weighted by Gasteiger charge is 2.31. The molecule has 3 aromatic carbocycles. The van der Waals surface area contributed by atoms with Crippen molar-refractivity contribution in [3.05, 3.63) is 108 Å². The van der Waals surface area contributed by atoms with Gasteiger partial charge in [-0.25, -0.2) is 0 Å². The fourth-order valence-corrected chi connectivity index (χ4v) is 4.09. The van der Waals surface area contributed by atoms with Crippen LogP contribution >= 0.6 is 0 Å². The predicted molar refractivity (Wildman–Crippen MR) is 133 cm³/mol. The van der Waals surface area contributed by atoms with Crippen LogP contribution in [-0.2, 0) is 38.6 Å². The lowest BCUT2D eigenvalue weighted by Crippen LogP contribution is -2.40. The molecule has 3 N–H and O–H groups in total. The van der Waals surface area contributed by atoms with Gasteiger partial charge < -0.3 is 15.6 Å². The smallest absolute Gasteiger partial charge is 0.308 e. The molecule has 0 amide bonds. The van der Waals surface area contributed by atoms with Crippen molar-refractivity contribution in [1.29, 1.82) is 0 Å². The average Bonchev–Trinajstić information content (AvgIpc) is 2.88. The highest BCUT2D eigenvalue weighted by atomic mass is 16.5. The van der Waals surface area contributed by atoms with Crippen molar-refractivity contribution in [2.45, 2.75) is 38.3 Å². The number of esters is 1. The van der Waals surface area contributed by atoms with Gasteiger partial charge in [0.2, 0.25) is 0 Å². The van der Waals surface area contributed by atoms with Gasteiger partial charge in [0.05, 0.1) is 18.4 Å². The highest BCUT2D eigenvalue weighted by molar-refractivity contribution is 5.90. The number of carboxylic acids is 1. The Hall–Kier alpha value is -3.77. The van der Waals surface area contributed by atoms with Crippen LogP contribution in [0.3, 0.4) is 0 Å². The Morgan fingerprint density at radius 1 is 0.714 bits per heavy atom. The number of carboxylic acid groups (broad SMARTS) is 1. The third-order valence-corrected chi connectivity index (χ3v) is 5.97. The minimum absolute atomic E-state index is 0.103. The van der Waals surface area contributed by atoms with E-state index in [0.29, 0.717) is 12.8 Å². The highest BCUT2D eigenvalue weighted by Crippen LogP contribution is 2.24. The molecule has 3 aromatic rings. The summed E-state index contributed by atoms with van der Waals surface area (Å²) in [6, 6.07) is 26.9. The first-order valence-corrected chi connectivity index (χ1v) is 11.7. The van der Waals surface area contributed by atoms with E-state index < -0.39 is 29.8 Å². The predicted octanol–water partition coefficient (Wildman–Crippen LogP) is 4.21. The molecular formula is C29H31NO5. The number of rotatable bonds is 13. The summed E-state index contributed by atoms with van der Waals surface area (Å²) in [5.74, 6) is -3.25. The number of ketones is 1. The number of hydrogen-bond donors (Lipinski definition) is 2. The van der Waals surface area contributed by atoms with E-state index in [4.69, 9.17) is 10.5 Å². The molecule has 0 fully saturated rings. The Balaban J connectivity index is 1.68. The summed E-state index contributed by atoms with van der Waals surface area (Å²) >= 11 is 0. The van der Waals surface area contributed by atoms with Crippen molar-refractivity contribution in [3.63, 3.8) is 0 Å². The Morgan fingerprint density at radius 2 is 1.17 bits per heavy atom. The maximum absolute atomic E-state index is 13.3. The minimum atomic E-state index is -1.07. The lowest BCUT2D eigenvalue weighted by atomic mass is 9.81. The minimum Gasteiger partial charge on any atom is -0.481 e. The Labute approximate surface area is 205 Å². The summed E-state index contributed by atoms with van der Waals surface area (Å²) in [4.78, 5) is 37.7. The molecule has 0 spiro atoms. The summed E-state index contributed by atoms with van der Waals surface area (Å²) in [5, 5.41) is 9.88. The lowest BCUT2D eigenvalue weighted by molar-refractivity contribution is -0.147. The van der Waals surface area contributed by atoms with Gasteiger partial charge in [-0.3, -0.25) is 14.4 Å². The maximum Gasteiger partial charge on any atom is 0.308 e. The van der Waals surface area contributed by atoms with Gasteiger partial charge in [-0.05, 0) is 36.0 Å². The van der Waals surface area contributed by atoms with Crippen LogP contribution in [0.15, 0.2) is 91.0 Å². The van der Waals surface area contributed by atoms with E-state index in [-0.39, 0.29) is 25.2 Å². The third-order valence-electron chi connectivity index (χ3n) is 5.97. The van der Waals surface area contributed by atoms with Gasteiger partial charge in [-0.2, -0.15) is 0 Å². The molecule has 6 heteroatoms. The van der Waals surface area contributed by atoms with Gasteiger partial charge in [-0.15, -0.1) is 0 Å². The van der Waals surface area contributed by atoms with E-state index in [0.717, 1.165) is 16.7 Å². The van der Waals surface area contributed by atoms with Crippen LogP contribution in [0.1, 0.15) is 29.5 Å². The van der Waals surface area contributed by atoms with Gasteiger partial charge in [0.25, 0.3) is 0 Å². The van der Waals surface area contributed by atoms with Gasteiger partial charge in [0.1, 0.15) is 6.61 Å². The molecule has 182 valence electrons. The molecule has 0 bridgehead atoms. The molecule has 35 heavy (non-hydrogen) atoms. The van der Waals surface area contributed by atoms with Crippen LogP contribution < -0.4 is 5.73 Å². The average molecular weight is 474 g/mol. The fraction of sp³-hybridized carbons (Fsp3) is 0.276. The first-order valence-electron chi connectivity index (χ1n) is 11.7. The zero-order valence-corrected chi connectivity index (χ0v) is 19.6. The normalized spacial score (nSPS) is 13.4. The molecule has 3 atom stereocenters. The number of ether oxygens (including phenoxy) is 1. The standard InChI is InChI=1S/C29H31NO5/c30-26(19-27(31)35-20-23-14-8-3-9-15-23)28(32)24(16-21-10-4-1-5-11-21)18-25(29(33)34)17-22-12-6-2-7-13-22/h1-15,24-26H,16-20,30H2,(H,33,34). The monoisotopic (exact) mass is 473 g/mol. The molecule has 0 radical (unpaired) electrons. The molecule has 0 aliphatic rings. The van der Waals surface area contributed by atoms with E-state index in [1.54, 1.807) is 0 Å². The van der Waals surface area contributed by atoms with E-state index in [9.17, 15) is 19.5 Å². The van der Waals surface area contributed by atoms with Crippen LogP contribution in [0.2, 0.25) is 0 Å². The number of carbonyl (C=O) groups is 3. The van der Waals surface area contributed by atoms with Crippen LogP contribution in [0.25, 0.3) is 0 Å². The van der Waals surface area contributed by atoms with Crippen molar-refractivity contribution >= 4 is 17.7 Å². The second-order valence-corrected chi connectivity index (χ2v) is 8.71. The van der Waals surface area contributed by atoms with Crippen molar-refractivity contribution < 1.29 is 24.2 Å². The molecule has 0 aromatic heterocycles. The number of nitrogens with two attached hydrogens (primary N) is 1. The van der Waals surface area contributed by atoms with Gasteiger partial charge in [-0.1, -0.05) is 91.0 Å². The van der Waals surface area contributed by atoms with Crippen molar-refractivity contribution in [3.8, 4) is 0 Å². The molecule has 0 aliphatic carbocycles. The van der Waals surface area contributed by atoms with Crippen molar-refractivity contribution in [2.75, 3.05) is 0 Å². The fourth-order valence-electron chi connectivity index (χ4n) is 4.09. The number of benzene rings is 3. The summed E-state index contributed by atoms with van der Waals surface area (Å²) in [6.07, 6.45) is 0.534. The number of hydrogen-bond acceptors (Lipinski definition) is 5. The van der Waals surface area contributed by atoms with E-state index >= 15 is 0 Å². The summed E-state index contributed by atoms with van der Waals surface area (Å²) in [6.45, 7) is 0.103. The lowest BCUT2D eigenvalue weighted by Gasteiger charge is -2.23. The van der Waals surface area contributed by atoms with E-state index in [1.165, 1.54) is 0 Å². The quantitative estimate of drug-likeness (QED) is 0.360. The van der Waals surface area contributed by atoms with Crippen LogP contribution in [0.5, 0.6) is 0 Å². The summed E-state index contributed by atoms with van der Waals surface area (Å²) in [7, 11) is 0. The second kappa shape index (κ2) is 13.2. The Bertz CT molecular complexity index is 1090. The molecule has 6 nitrogen and oxygen atoms in total. The van der Waals surface area contributed by atoms with Gasteiger partial charge >= 0.3 is 11.9 Å². The number of carbonyl (C=O) groups excluding carboxylic acids is 2. The van der Waals surface area contributed by atoms with Crippen molar-refractivity contribution in [1.82, 2.24) is 0 Å². The molecule has 3 rings (SSSR count). The molecule has 0 aliphatic heterocycles. The summed E-state index contributed by atoms with van der Waals surface area (Å²) in [5.41, 5.74) is 8.79. The van der Waals surface area contributed by atoms with E-state index in [1.807, 2.05) is 91.0 Å². The summed E-state index contributed by atoms with van der Waals surface area (Å²) < 4.78 is 5.28. The first kappa shape index (κ1) is 25.8. The Morgan fingerprint density at radius 3 is 1.66 bits per heavy atom. The van der Waals surface area contributed by atoms with Gasteiger partial charge in [0, 0.05) is 5.92 Å². The third kappa shape index (κ3) is 8.50. The zero-order chi connectivity index (χ0) is 25.0. The molecular weight excluding hydrogens is 442 g/mol. The molecule has 0 saturated heterocycles. The topological polar surface area (TPSA) is 107 Å².